The van der Waals surface area contributed by atoms with Gasteiger partial charge >= 0.3 is 0 Å². The maximum atomic E-state index is 10.1. The number of benzene rings is 2. The Kier molecular flexibility index (Phi) is 7.06. The van der Waals surface area contributed by atoms with Crippen LogP contribution in [0.25, 0.3) is 10.8 Å². The van der Waals surface area contributed by atoms with E-state index in [4.69, 9.17) is 9.47 Å². The van der Waals surface area contributed by atoms with E-state index in [2.05, 4.69) is 22.3 Å². The molecule has 5 nitrogen and oxygen atoms in total. The Morgan fingerprint density at radius 2 is 1.92 bits per heavy atom. The number of morpholine rings is 1. The molecule has 0 aromatic heterocycles. The molecule has 1 atom stereocenters. The van der Waals surface area contributed by atoms with E-state index < -0.39 is 6.10 Å². The summed E-state index contributed by atoms with van der Waals surface area (Å²) in [5.74, 6) is 0.796. The first kappa shape index (κ1) is 18.1. The van der Waals surface area contributed by atoms with E-state index in [9.17, 15) is 5.11 Å². The topological polar surface area (TPSA) is 54.0 Å². The first-order valence-corrected chi connectivity index (χ1v) is 9.12. The summed E-state index contributed by atoms with van der Waals surface area (Å²) in [5, 5.41) is 15.7. The largest absolute Gasteiger partial charge is 0.491 e. The minimum absolute atomic E-state index is 0.300. The van der Waals surface area contributed by atoms with Gasteiger partial charge in [0.25, 0.3) is 0 Å². The van der Waals surface area contributed by atoms with Crippen LogP contribution >= 0.6 is 0 Å². The number of hydrogen-bond acceptors (Lipinski definition) is 5. The second-order valence-corrected chi connectivity index (χ2v) is 6.49. The van der Waals surface area contributed by atoms with Crippen molar-refractivity contribution < 1.29 is 14.6 Å². The summed E-state index contributed by atoms with van der Waals surface area (Å²) in [6, 6.07) is 14.2. The quantitative estimate of drug-likeness (QED) is 0.681. The van der Waals surface area contributed by atoms with Gasteiger partial charge in [-0.1, -0.05) is 30.3 Å². The van der Waals surface area contributed by atoms with Gasteiger partial charge in [-0.05, 0) is 42.4 Å². The molecule has 1 unspecified atom stereocenters. The molecule has 0 bridgehead atoms. The maximum Gasteiger partial charge on any atom is 0.120 e. The van der Waals surface area contributed by atoms with Crippen LogP contribution < -0.4 is 10.1 Å². The van der Waals surface area contributed by atoms with Crippen LogP contribution in [0.1, 0.15) is 6.42 Å². The van der Waals surface area contributed by atoms with Gasteiger partial charge in [0.2, 0.25) is 0 Å². The summed E-state index contributed by atoms with van der Waals surface area (Å²) < 4.78 is 11.1. The van der Waals surface area contributed by atoms with Gasteiger partial charge in [-0.25, -0.2) is 0 Å². The lowest BCUT2D eigenvalue weighted by Gasteiger charge is -2.26. The molecule has 2 aromatic rings. The summed E-state index contributed by atoms with van der Waals surface area (Å²) in [6.45, 7) is 6.59. The predicted molar refractivity (Wildman–Crippen MR) is 100 cm³/mol. The third kappa shape index (κ3) is 5.97. The van der Waals surface area contributed by atoms with Crippen LogP contribution in [0.2, 0.25) is 0 Å². The lowest BCUT2D eigenvalue weighted by Crippen LogP contribution is -2.38. The zero-order valence-electron chi connectivity index (χ0n) is 14.7. The van der Waals surface area contributed by atoms with Crippen LogP contribution in [0.4, 0.5) is 0 Å². The molecule has 1 fully saturated rings. The Morgan fingerprint density at radius 1 is 1.12 bits per heavy atom. The summed E-state index contributed by atoms with van der Waals surface area (Å²) >= 11 is 0. The van der Waals surface area contributed by atoms with Crippen molar-refractivity contribution in [1.82, 2.24) is 10.2 Å². The van der Waals surface area contributed by atoms with Crippen LogP contribution in [-0.4, -0.2) is 68.7 Å². The second-order valence-electron chi connectivity index (χ2n) is 6.49. The molecule has 1 aliphatic heterocycles. The molecule has 0 saturated carbocycles. The van der Waals surface area contributed by atoms with Crippen LogP contribution in [0.3, 0.4) is 0 Å². The van der Waals surface area contributed by atoms with E-state index in [1.165, 1.54) is 5.39 Å². The van der Waals surface area contributed by atoms with Crippen LogP contribution in [-0.2, 0) is 4.74 Å². The Labute approximate surface area is 149 Å². The van der Waals surface area contributed by atoms with E-state index >= 15 is 0 Å². The van der Waals surface area contributed by atoms with Crippen LogP contribution in [0.15, 0.2) is 42.5 Å². The van der Waals surface area contributed by atoms with Crippen molar-refractivity contribution in [2.24, 2.45) is 0 Å². The second kappa shape index (κ2) is 9.73. The number of fused-ring (bicyclic) bond motifs is 1. The summed E-state index contributed by atoms with van der Waals surface area (Å²) in [4.78, 5) is 2.42. The third-order valence-corrected chi connectivity index (χ3v) is 4.47. The lowest BCUT2D eigenvalue weighted by molar-refractivity contribution is 0.0373. The van der Waals surface area contributed by atoms with Crippen molar-refractivity contribution in [3.05, 3.63) is 42.5 Å². The molecular formula is C20H28N2O3. The van der Waals surface area contributed by atoms with E-state index in [1.54, 1.807) is 0 Å². The number of rotatable bonds is 9. The number of aliphatic hydroxyl groups is 1. The Morgan fingerprint density at radius 3 is 2.76 bits per heavy atom. The molecule has 0 spiro atoms. The average molecular weight is 344 g/mol. The molecule has 1 heterocycles. The van der Waals surface area contributed by atoms with Gasteiger partial charge in [-0.15, -0.1) is 0 Å². The minimum atomic E-state index is -0.505. The molecule has 0 amide bonds. The Hall–Kier alpha value is -1.66. The fourth-order valence-electron chi connectivity index (χ4n) is 3.03. The molecule has 5 heteroatoms. The van der Waals surface area contributed by atoms with Crippen molar-refractivity contribution >= 4 is 10.8 Å². The fraction of sp³-hybridized carbons (Fsp3) is 0.500. The highest BCUT2D eigenvalue weighted by atomic mass is 16.5. The van der Waals surface area contributed by atoms with Gasteiger partial charge in [0.05, 0.1) is 13.2 Å². The van der Waals surface area contributed by atoms with E-state index in [1.807, 2.05) is 30.3 Å². The molecule has 0 radical (unpaired) electrons. The highest BCUT2D eigenvalue weighted by Gasteiger charge is 2.09. The molecule has 2 N–H and O–H groups in total. The molecule has 0 aliphatic carbocycles. The van der Waals surface area contributed by atoms with Gasteiger partial charge in [0.15, 0.2) is 0 Å². The smallest absolute Gasteiger partial charge is 0.120 e. The van der Waals surface area contributed by atoms with Crippen molar-refractivity contribution in [2.45, 2.75) is 12.5 Å². The van der Waals surface area contributed by atoms with Crippen molar-refractivity contribution in [3.63, 3.8) is 0 Å². The van der Waals surface area contributed by atoms with Crippen LogP contribution in [0, 0.1) is 0 Å². The van der Waals surface area contributed by atoms with E-state index in [-0.39, 0.29) is 0 Å². The predicted octanol–water partition coefficient (Wildman–Crippen LogP) is 1.89. The molecule has 3 rings (SSSR count). The number of hydrogen-bond donors (Lipinski definition) is 2. The van der Waals surface area contributed by atoms with Gasteiger partial charge in [0, 0.05) is 19.6 Å². The van der Waals surface area contributed by atoms with Crippen molar-refractivity contribution in [3.8, 4) is 5.75 Å². The summed E-state index contributed by atoms with van der Waals surface area (Å²) in [6.07, 6.45) is 0.577. The highest BCUT2D eigenvalue weighted by molar-refractivity contribution is 5.83. The van der Waals surface area contributed by atoms with E-state index in [0.717, 1.165) is 56.9 Å². The fourth-order valence-corrected chi connectivity index (χ4v) is 3.03. The summed E-state index contributed by atoms with van der Waals surface area (Å²) in [7, 11) is 0. The van der Waals surface area contributed by atoms with Gasteiger partial charge in [-0.3, -0.25) is 4.90 Å². The van der Waals surface area contributed by atoms with Crippen molar-refractivity contribution in [2.75, 3.05) is 52.5 Å². The van der Waals surface area contributed by atoms with Gasteiger partial charge < -0.3 is 19.9 Å². The number of nitrogens with one attached hydrogen (secondary N) is 1. The standard InChI is InChI=1S/C20H28N2O3/c23-19(15-21-8-3-9-22-10-12-24-13-11-22)16-25-20-7-6-17-4-1-2-5-18(17)14-20/h1-2,4-7,14,19,21,23H,3,8-13,15-16H2. The maximum absolute atomic E-state index is 10.1. The first-order chi connectivity index (χ1) is 12.3. The summed E-state index contributed by atoms with van der Waals surface area (Å²) in [5.41, 5.74) is 0. The normalized spacial score (nSPS) is 16.8. The first-order valence-electron chi connectivity index (χ1n) is 9.12. The molecule has 1 saturated heterocycles. The van der Waals surface area contributed by atoms with Crippen LogP contribution in [0.5, 0.6) is 5.75 Å². The highest BCUT2D eigenvalue weighted by Crippen LogP contribution is 2.20. The Bertz CT molecular complexity index is 644. The van der Waals surface area contributed by atoms with Gasteiger partial charge in [-0.2, -0.15) is 0 Å². The van der Waals surface area contributed by atoms with Gasteiger partial charge in [0.1, 0.15) is 18.5 Å². The minimum Gasteiger partial charge on any atom is -0.491 e. The number of ether oxygens (including phenoxy) is 2. The lowest BCUT2D eigenvalue weighted by atomic mass is 10.1. The monoisotopic (exact) mass is 344 g/mol. The molecular weight excluding hydrogens is 316 g/mol. The SMILES string of the molecule is OC(CNCCCN1CCOCC1)COc1ccc2ccccc2c1. The van der Waals surface area contributed by atoms with Crippen molar-refractivity contribution in [1.29, 1.82) is 0 Å². The Balaban J connectivity index is 1.30. The zero-order valence-corrected chi connectivity index (χ0v) is 14.7. The molecule has 25 heavy (non-hydrogen) atoms. The molecule has 2 aromatic carbocycles. The number of aliphatic hydroxyl groups excluding tert-OH is 1. The average Bonchev–Trinajstić information content (AvgIpc) is 2.67. The zero-order chi connectivity index (χ0) is 17.3. The third-order valence-electron chi connectivity index (χ3n) is 4.47. The number of nitrogens with zero attached hydrogens (tertiary/aromatic N) is 1. The molecule has 1 aliphatic rings. The van der Waals surface area contributed by atoms with E-state index in [0.29, 0.717) is 13.2 Å². The molecule has 136 valence electrons.